The quantitative estimate of drug-likeness (QED) is 0.525. The summed E-state index contributed by atoms with van der Waals surface area (Å²) < 4.78 is 0. The monoisotopic (exact) mass is 198 g/mol. The number of aromatic amines is 2. The largest absolute Gasteiger partial charge is 0.373 e. The van der Waals surface area contributed by atoms with Gasteiger partial charge in [0.15, 0.2) is 5.69 Å². The van der Waals surface area contributed by atoms with Gasteiger partial charge in [-0.3, -0.25) is 19.6 Å². The lowest BCUT2D eigenvalue weighted by atomic mass is 10.4. The Bertz CT molecular complexity index is 447. The number of rotatable bonds is 3. The van der Waals surface area contributed by atoms with Crippen molar-refractivity contribution >= 4 is 17.9 Å². The molecule has 0 aliphatic heterocycles. The van der Waals surface area contributed by atoms with Crippen LogP contribution in [0.4, 0.5) is 11.5 Å². The molecule has 0 bridgehead atoms. The molecule has 0 unspecified atom stereocenters. The molecule has 7 nitrogen and oxygen atoms in total. The molecule has 0 saturated carbocycles. The fourth-order valence-electron chi connectivity index (χ4n) is 1.05. The molecular formula is C7H10N4O3. The fraction of sp³-hybridized carbons (Fsp3) is 0.286. The van der Waals surface area contributed by atoms with E-state index >= 15 is 0 Å². The van der Waals surface area contributed by atoms with Gasteiger partial charge in [0.05, 0.1) is 0 Å². The topological polar surface area (TPSA) is 98.1 Å². The molecular weight excluding hydrogens is 188 g/mol. The van der Waals surface area contributed by atoms with E-state index in [1.165, 1.54) is 14.1 Å². The van der Waals surface area contributed by atoms with Gasteiger partial charge in [-0.05, 0) is 0 Å². The molecule has 1 amide bonds. The van der Waals surface area contributed by atoms with Crippen molar-refractivity contribution in [3.63, 3.8) is 0 Å². The maximum atomic E-state index is 11.3. The SMILES string of the molecule is CNc1[nH]c(=O)[nH]c(=O)c1N(C)C=O. The van der Waals surface area contributed by atoms with Crippen LogP contribution in [-0.4, -0.2) is 30.5 Å². The Hall–Kier alpha value is -2.05. The highest BCUT2D eigenvalue weighted by atomic mass is 16.2. The van der Waals surface area contributed by atoms with Crippen LogP contribution in [0, 0.1) is 0 Å². The normalized spacial score (nSPS) is 9.57. The standard InChI is InChI=1S/C7H10N4O3/c1-8-5-4(11(2)3-12)6(13)10-7(14)9-5/h3H,1-2H3,(H3,8,9,10,13,14). The van der Waals surface area contributed by atoms with Crippen molar-refractivity contribution in [1.82, 2.24) is 9.97 Å². The number of anilines is 2. The summed E-state index contributed by atoms with van der Waals surface area (Å²) in [6.45, 7) is 0. The molecule has 7 heteroatoms. The number of H-pyrrole nitrogens is 2. The van der Waals surface area contributed by atoms with Crippen LogP contribution in [0.15, 0.2) is 9.59 Å². The second-order valence-corrected chi connectivity index (χ2v) is 2.60. The zero-order valence-corrected chi connectivity index (χ0v) is 7.75. The van der Waals surface area contributed by atoms with Crippen LogP contribution in [0.2, 0.25) is 0 Å². The van der Waals surface area contributed by atoms with E-state index in [0.29, 0.717) is 6.41 Å². The fourth-order valence-corrected chi connectivity index (χ4v) is 1.05. The van der Waals surface area contributed by atoms with Crippen molar-refractivity contribution in [2.45, 2.75) is 0 Å². The number of aromatic nitrogens is 2. The zero-order valence-electron chi connectivity index (χ0n) is 7.75. The molecule has 1 aromatic heterocycles. The van der Waals surface area contributed by atoms with Crippen molar-refractivity contribution in [1.29, 1.82) is 0 Å². The van der Waals surface area contributed by atoms with Gasteiger partial charge in [0.25, 0.3) is 5.56 Å². The molecule has 3 N–H and O–H groups in total. The number of nitrogens with one attached hydrogen (secondary N) is 3. The van der Waals surface area contributed by atoms with Crippen LogP contribution in [0.1, 0.15) is 0 Å². The second kappa shape index (κ2) is 3.77. The Balaban J connectivity index is 3.47. The van der Waals surface area contributed by atoms with E-state index in [1.807, 2.05) is 4.98 Å². The molecule has 0 aliphatic carbocycles. The number of nitrogens with zero attached hydrogens (tertiary/aromatic N) is 1. The van der Waals surface area contributed by atoms with E-state index in [-0.39, 0.29) is 11.5 Å². The van der Waals surface area contributed by atoms with E-state index in [9.17, 15) is 14.4 Å². The van der Waals surface area contributed by atoms with Gasteiger partial charge in [-0.1, -0.05) is 0 Å². The Kier molecular flexibility index (Phi) is 2.70. The van der Waals surface area contributed by atoms with Gasteiger partial charge in [-0.15, -0.1) is 0 Å². The van der Waals surface area contributed by atoms with Crippen molar-refractivity contribution in [2.24, 2.45) is 0 Å². The third-order valence-corrected chi connectivity index (χ3v) is 1.68. The summed E-state index contributed by atoms with van der Waals surface area (Å²) in [6, 6.07) is 0. The second-order valence-electron chi connectivity index (χ2n) is 2.60. The smallest absolute Gasteiger partial charge is 0.327 e. The molecule has 1 rings (SSSR count). The Morgan fingerprint density at radius 2 is 2.00 bits per heavy atom. The van der Waals surface area contributed by atoms with E-state index in [0.717, 1.165) is 4.90 Å². The molecule has 1 aromatic rings. The number of hydrogen-bond acceptors (Lipinski definition) is 4. The van der Waals surface area contributed by atoms with Gasteiger partial charge in [-0.2, -0.15) is 0 Å². The summed E-state index contributed by atoms with van der Waals surface area (Å²) in [6.07, 6.45) is 0.476. The van der Waals surface area contributed by atoms with Crippen LogP contribution >= 0.6 is 0 Å². The minimum absolute atomic E-state index is 0.0714. The van der Waals surface area contributed by atoms with Gasteiger partial charge >= 0.3 is 5.69 Å². The first kappa shape index (κ1) is 10.0. The van der Waals surface area contributed by atoms with E-state index in [4.69, 9.17) is 0 Å². The number of hydrogen-bond donors (Lipinski definition) is 3. The molecule has 0 aromatic carbocycles. The molecule has 0 saturated heterocycles. The van der Waals surface area contributed by atoms with E-state index in [1.54, 1.807) is 0 Å². The number of carbonyl (C=O) groups is 1. The molecule has 0 fully saturated rings. The summed E-state index contributed by atoms with van der Waals surface area (Å²) in [5.41, 5.74) is -1.17. The van der Waals surface area contributed by atoms with Crippen LogP contribution in [0.3, 0.4) is 0 Å². The predicted octanol–water partition coefficient (Wildman–Crippen LogP) is -1.30. The van der Waals surface area contributed by atoms with Gasteiger partial charge in [0.1, 0.15) is 5.82 Å². The summed E-state index contributed by atoms with van der Waals surface area (Å²) in [5, 5.41) is 2.62. The summed E-state index contributed by atoms with van der Waals surface area (Å²) >= 11 is 0. The highest BCUT2D eigenvalue weighted by molar-refractivity contribution is 5.80. The van der Waals surface area contributed by atoms with Crippen LogP contribution < -0.4 is 21.5 Å². The Labute approximate surface area is 78.8 Å². The van der Waals surface area contributed by atoms with Gasteiger partial charge in [-0.25, -0.2) is 4.79 Å². The summed E-state index contributed by atoms with van der Waals surface area (Å²) in [7, 11) is 2.95. The highest BCUT2D eigenvalue weighted by Crippen LogP contribution is 2.12. The summed E-state index contributed by atoms with van der Waals surface area (Å²) in [5.74, 6) is 0.202. The van der Waals surface area contributed by atoms with Crippen LogP contribution in [0.5, 0.6) is 0 Å². The molecule has 14 heavy (non-hydrogen) atoms. The van der Waals surface area contributed by atoms with Crippen molar-refractivity contribution in [3.05, 3.63) is 20.8 Å². The van der Waals surface area contributed by atoms with E-state index in [2.05, 4.69) is 10.3 Å². The minimum Gasteiger partial charge on any atom is -0.373 e. The Morgan fingerprint density at radius 3 is 2.50 bits per heavy atom. The third kappa shape index (κ3) is 1.65. The molecule has 0 radical (unpaired) electrons. The van der Waals surface area contributed by atoms with Gasteiger partial charge in [0.2, 0.25) is 6.41 Å². The van der Waals surface area contributed by atoms with Crippen molar-refractivity contribution in [3.8, 4) is 0 Å². The maximum absolute atomic E-state index is 11.3. The first-order valence-electron chi connectivity index (χ1n) is 3.82. The van der Waals surface area contributed by atoms with Crippen molar-refractivity contribution in [2.75, 3.05) is 24.3 Å². The average Bonchev–Trinajstić information content (AvgIpc) is 2.15. The molecule has 0 spiro atoms. The number of amides is 1. The lowest BCUT2D eigenvalue weighted by Gasteiger charge is -2.12. The zero-order chi connectivity index (χ0) is 10.7. The van der Waals surface area contributed by atoms with Gasteiger partial charge in [0, 0.05) is 14.1 Å². The predicted molar refractivity (Wildman–Crippen MR) is 51.7 cm³/mol. The molecule has 1 heterocycles. The van der Waals surface area contributed by atoms with Gasteiger partial charge < -0.3 is 10.2 Å². The van der Waals surface area contributed by atoms with Crippen molar-refractivity contribution < 1.29 is 4.79 Å². The average molecular weight is 198 g/mol. The third-order valence-electron chi connectivity index (χ3n) is 1.68. The minimum atomic E-state index is -0.623. The molecule has 76 valence electrons. The molecule has 0 atom stereocenters. The number of carbonyl (C=O) groups excluding carboxylic acids is 1. The first-order chi connectivity index (χ1) is 6.60. The van der Waals surface area contributed by atoms with Crippen LogP contribution in [-0.2, 0) is 4.79 Å². The van der Waals surface area contributed by atoms with Crippen LogP contribution in [0.25, 0.3) is 0 Å². The summed E-state index contributed by atoms with van der Waals surface area (Å²) in [4.78, 5) is 38.1. The lowest BCUT2D eigenvalue weighted by Crippen LogP contribution is -2.31. The molecule has 0 aliphatic rings. The first-order valence-corrected chi connectivity index (χ1v) is 3.82. The maximum Gasteiger partial charge on any atom is 0.327 e. The van der Waals surface area contributed by atoms with E-state index < -0.39 is 11.2 Å². The highest BCUT2D eigenvalue weighted by Gasteiger charge is 2.11. The lowest BCUT2D eigenvalue weighted by molar-refractivity contribution is -0.107. The Morgan fingerprint density at radius 1 is 1.36 bits per heavy atom.